The number of aryl methyl sites for hydroxylation is 3. The zero-order valence-corrected chi connectivity index (χ0v) is 24.4. The van der Waals surface area contributed by atoms with Crippen LogP contribution in [0.3, 0.4) is 0 Å². The van der Waals surface area contributed by atoms with E-state index >= 15 is 0 Å². The molecular formula is C28H31N5O4S2. The molecule has 4 aromatic rings. The molecule has 0 fully saturated rings. The molecule has 0 saturated carbocycles. The van der Waals surface area contributed by atoms with Crippen LogP contribution in [0.25, 0.3) is 17.1 Å². The highest BCUT2D eigenvalue weighted by atomic mass is 32.2. The number of aromatic nitrogens is 3. The molecule has 0 spiro atoms. The van der Waals surface area contributed by atoms with Crippen LogP contribution in [0.5, 0.6) is 5.75 Å². The van der Waals surface area contributed by atoms with E-state index in [0.717, 1.165) is 22.4 Å². The molecule has 0 aliphatic rings. The zero-order valence-electron chi connectivity index (χ0n) is 22.7. The van der Waals surface area contributed by atoms with Crippen molar-refractivity contribution in [3.05, 3.63) is 77.4 Å². The summed E-state index contributed by atoms with van der Waals surface area (Å²) in [7, 11) is 0.898. The molecular weight excluding hydrogens is 534 g/mol. The second kappa shape index (κ2) is 11.6. The number of methoxy groups -OCH3 is 1. The van der Waals surface area contributed by atoms with Crippen molar-refractivity contribution in [3.8, 4) is 22.8 Å². The fourth-order valence-corrected chi connectivity index (χ4v) is 5.84. The molecule has 0 saturated heterocycles. The van der Waals surface area contributed by atoms with Crippen molar-refractivity contribution in [1.29, 1.82) is 0 Å². The quantitative estimate of drug-likeness (QED) is 0.289. The van der Waals surface area contributed by atoms with Gasteiger partial charge in [-0.15, -0.1) is 10.2 Å². The number of nitrogens with zero attached hydrogens (tertiary/aromatic N) is 4. The normalized spacial score (nSPS) is 11.6. The smallest absolute Gasteiger partial charge is 0.242 e. The van der Waals surface area contributed by atoms with Crippen molar-refractivity contribution in [2.24, 2.45) is 0 Å². The summed E-state index contributed by atoms with van der Waals surface area (Å²) < 4.78 is 34.0. The van der Waals surface area contributed by atoms with E-state index in [1.165, 1.54) is 30.2 Å². The molecule has 4 rings (SSSR count). The first-order chi connectivity index (χ1) is 18.5. The molecule has 11 heteroatoms. The molecule has 0 radical (unpaired) electrons. The Bertz CT molecular complexity index is 1610. The number of para-hydroxylation sites is 1. The topological polar surface area (TPSA) is 106 Å². The highest BCUT2D eigenvalue weighted by Gasteiger charge is 2.23. The van der Waals surface area contributed by atoms with Crippen molar-refractivity contribution in [3.63, 3.8) is 0 Å². The minimum absolute atomic E-state index is 0.0786. The zero-order chi connectivity index (χ0) is 28.3. The Morgan fingerprint density at radius 2 is 1.69 bits per heavy atom. The van der Waals surface area contributed by atoms with Crippen LogP contribution in [0.4, 0.5) is 5.69 Å². The summed E-state index contributed by atoms with van der Waals surface area (Å²) in [5, 5.41) is 12.3. The fourth-order valence-electron chi connectivity index (χ4n) is 4.15. The molecule has 204 valence electrons. The van der Waals surface area contributed by atoms with Gasteiger partial charge in [-0.1, -0.05) is 48.2 Å². The molecule has 0 atom stereocenters. The number of hydrogen-bond acceptors (Lipinski definition) is 7. The number of thioether (sulfide) groups is 1. The fraction of sp³-hybridized carbons (Fsp3) is 0.250. The third-order valence-corrected chi connectivity index (χ3v) is 8.87. The first-order valence-corrected chi connectivity index (χ1v) is 14.6. The highest BCUT2D eigenvalue weighted by molar-refractivity contribution is 7.99. The lowest BCUT2D eigenvalue weighted by Crippen LogP contribution is -2.22. The summed E-state index contributed by atoms with van der Waals surface area (Å²) in [5.74, 6) is 0.911. The molecule has 1 N–H and O–H groups in total. The van der Waals surface area contributed by atoms with E-state index in [2.05, 4.69) is 15.5 Å². The molecule has 0 bridgehead atoms. The molecule has 0 unspecified atom stereocenters. The van der Waals surface area contributed by atoms with Gasteiger partial charge in [0.15, 0.2) is 11.0 Å². The second-order valence-electron chi connectivity index (χ2n) is 9.24. The van der Waals surface area contributed by atoms with Gasteiger partial charge in [0.25, 0.3) is 0 Å². The van der Waals surface area contributed by atoms with Crippen LogP contribution in [0.15, 0.2) is 70.7 Å². The van der Waals surface area contributed by atoms with Gasteiger partial charge >= 0.3 is 0 Å². The SMILES string of the molecule is COc1ccc(C)cc1NC(=O)CSc1nnc(-c2cccc(S(=O)(=O)N(C)C)c2)n1-c1c(C)cccc1C. The average molecular weight is 566 g/mol. The molecule has 1 amide bonds. The van der Waals surface area contributed by atoms with Gasteiger partial charge in [-0.25, -0.2) is 12.7 Å². The number of carbonyl (C=O) groups is 1. The molecule has 0 aliphatic heterocycles. The van der Waals surface area contributed by atoms with Crippen molar-refractivity contribution in [1.82, 2.24) is 19.1 Å². The molecule has 39 heavy (non-hydrogen) atoms. The van der Waals surface area contributed by atoms with Gasteiger partial charge in [0.05, 0.1) is 29.1 Å². The predicted molar refractivity (Wildman–Crippen MR) is 154 cm³/mol. The van der Waals surface area contributed by atoms with Gasteiger partial charge in [-0.05, 0) is 61.7 Å². The number of amides is 1. The van der Waals surface area contributed by atoms with Crippen LogP contribution in [-0.2, 0) is 14.8 Å². The Balaban J connectivity index is 1.72. The number of rotatable bonds is 9. The number of sulfonamides is 1. The average Bonchev–Trinajstić information content (AvgIpc) is 3.31. The Labute approximate surface area is 233 Å². The van der Waals surface area contributed by atoms with Gasteiger partial charge in [0, 0.05) is 19.7 Å². The molecule has 1 heterocycles. The number of anilines is 1. The van der Waals surface area contributed by atoms with Crippen molar-refractivity contribution < 1.29 is 17.9 Å². The van der Waals surface area contributed by atoms with Gasteiger partial charge < -0.3 is 10.1 Å². The van der Waals surface area contributed by atoms with Crippen LogP contribution < -0.4 is 10.1 Å². The number of hydrogen-bond donors (Lipinski definition) is 1. The summed E-state index contributed by atoms with van der Waals surface area (Å²) >= 11 is 1.24. The van der Waals surface area contributed by atoms with Crippen LogP contribution in [0, 0.1) is 20.8 Å². The molecule has 9 nitrogen and oxygen atoms in total. The van der Waals surface area contributed by atoms with Crippen LogP contribution in [0.1, 0.15) is 16.7 Å². The third-order valence-electron chi connectivity index (χ3n) is 6.13. The maximum Gasteiger partial charge on any atom is 0.242 e. The Morgan fingerprint density at radius 3 is 2.36 bits per heavy atom. The van der Waals surface area contributed by atoms with E-state index < -0.39 is 10.0 Å². The summed E-state index contributed by atoms with van der Waals surface area (Å²) in [6.45, 7) is 5.92. The highest BCUT2D eigenvalue weighted by Crippen LogP contribution is 2.33. The maximum absolute atomic E-state index is 12.9. The second-order valence-corrected chi connectivity index (χ2v) is 12.3. The van der Waals surface area contributed by atoms with Crippen LogP contribution in [-0.4, -0.2) is 60.4 Å². The van der Waals surface area contributed by atoms with Gasteiger partial charge in [0.2, 0.25) is 15.9 Å². The van der Waals surface area contributed by atoms with Gasteiger partial charge in [0.1, 0.15) is 5.75 Å². The Kier molecular flexibility index (Phi) is 8.43. The third kappa shape index (κ3) is 6.00. The monoisotopic (exact) mass is 565 g/mol. The van der Waals surface area contributed by atoms with Crippen LogP contribution >= 0.6 is 11.8 Å². The van der Waals surface area contributed by atoms with E-state index in [-0.39, 0.29) is 16.6 Å². The number of nitrogens with one attached hydrogen (secondary N) is 1. The molecule has 3 aromatic carbocycles. The van der Waals surface area contributed by atoms with Gasteiger partial charge in [-0.3, -0.25) is 9.36 Å². The number of carbonyl (C=O) groups excluding carboxylic acids is 1. The lowest BCUT2D eigenvalue weighted by atomic mass is 10.1. The van der Waals surface area contributed by atoms with E-state index in [9.17, 15) is 13.2 Å². The predicted octanol–water partition coefficient (Wildman–Crippen LogP) is 4.85. The summed E-state index contributed by atoms with van der Waals surface area (Å²) in [4.78, 5) is 13.1. The van der Waals surface area contributed by atoms with Gasteiger partial charge in [-0.2, -0.15) is 0 Å². The maximum atomic E-state index is 12.9. The van der Waals surface area contributed by atoms with E-state index in [0.29, 0.717) is 28.0 Å². The van der Waals surface area contributed by atoms with E-state index in [4.69, 9.17) is 4.74 Å². The lowest BCUT2D eigenvalue weighted by Gasteiger charge is -2.16. The largest absolute Gasteiger partial charge is 0.495 e. The first kappa shape index (κ1) is 28.3. The Morgan fingerprint density at radius 1 is 1.00 bits per heavy atom. The summed E-state index contributed by atoms with van der Waals surface area (Å²) in [5.41, 5.74) is 5.04. The number of ether oxygens (including phenoxy) is 1. The van der Waals surface area contributed by atoms with Crippen molar-refractivity contribution in [2.75, 3.05) is 32.3 Å². The van der Waals surface area contributed by atoms with E-state index in [1.807, 2.05) is 61.7 Å². The minimum atomic E-state index is -3.65. The van der Waals surface area contributed by atoms with Crippen molar-refractivity contribution in [2.45, 2.75) is 30.8 Å². The summed E-state index contributed by atoms with van der Waals surface area (Å²) in [6.07, 6.45) is 0. The molecule has 1 aromatic heterocycles. The Hall–Kier alpha value is -3.67. The van der Waals surface area contributed by atoms with E-state index in [1.54, 1.807) is 31.4 Å². The molecule has 0 aliphatic carbocycles. The minimum Gasteiger partial charge on any atom is -0.495 e. The summed E-state index contributed by atoms with van der Waals surface area (Å²) in [6, 6.07) is 18.2. The lowest BCUT2D eigenvalue weighted by molar-refractivity contribution is -0.113. The first-order valence-electron chi connectivity index (χ1n) is 12.1. The number of benzene rings is 3. The van der Waals surface area contributed by atoms with Crippen LogP contribution in [0.2, 0.25) is 0 Å². The standard InChI is InChI=1S/C28H31N5O4S2/c1-18-13-14-24(37-6)23(15-18)29-25(34)17-38-28-31-30-27(33(28)26-19(2)9-7-10-20(26)3)21-11-8-12-22(16-21)39(35,36)32(4)5/h7-16H,17H2,1-6H3,(H,29,34). The van der Waals surface area contributed by atoms with Crippen molar-refractivity contribution >= 4 is 33.4 Å².